The highest BCUT2D eigenvalue weighted by atomic mass is 16.3. The van der Waals surface area contributed by atoms with E-state index in [2.05, 4.69) is 126 Å². The Hall–Kier alpha value is -5.80. The average Bonchev–Trinajstić information content (AvgIpc) is 3.66. The Morgan fingerprint density at radius 3 is 1.60 bits per heavy atom. The Bertz CT molecular complexity index is 2440. The van der Waals surface area contributed by atoms with Gasteiger partial charge in [-0.1, -0.05) is 103 Å². The molecule has 0 saturated carbocycles. The van der Waals surface area contributed by atoms with Gasteiger partial charge in [0.05, 0.1) is 5.39 Å². The summed E-state index contributed by atoms with van der Waals surface area (Å²) in [5, 5.41) is 6.48. The average molecular weight is 552 g/mol. The zero-order chi connectivity index (χ0) is 28.3. The molecule has 0 spiro atoms. The zero-order valence-corrected chi connectivity index (χ0v) is 23.2. The summed E-state index contributed by atoms with van der Waals surface area (Å²) < 4.78 is 13.1. The van der Waals surface area contributed by atoms with Crippen LogP contribution in [0.25, 0.3) is 65.8 Å². The third-order valence-electron chi connectivity index (χ3n) is 8.44. The van der Waals surface area contributed by atoms with Crippen molar-refractivity contribution in [2.45, 2.75) is 0 Å². The molecule has 0 aliphatic rings. The number of anilines is 3. The lowest BCUT2D eigenvalue weighted by Gasteiger charge is -2.26. The molecule has 7 aromatic carbocycles. The molecule has 0 saturated heterocycles. The van der Waals surface area contributed by atoms with Crippen molar-refractivity contribution in [3.63, 3.8) is 0 Å². The second-order valence-electron chi connectivity index (χ2n) is 10.9. The van der Waals surface area contributed by atoms with Crippen LogP contribution in [0.3, 0.4) is 0 Å². The van der Waals surface area contributed by atoms with Crippen molar-refractivity contribution < 1.29 is 8.83 Å². The SMILES string of the molecule is c1ccc(-c2ccc(N(c3ccccc3)c3ccc4c(c3)c3oc5ccccc5c3c3oc5ccccc5c43)cc2)cc1. The Morgan fingerprint density at radius 2 is 0.884 bits per heavy atom. The third-order valence-corrected chi connectivity index (χ3v) is 8.44. The lowest BCUT2D eigenvalue weighted by atomic mass is 9.98. The Labute approximate surface area is 247 Å². The van der Waals surface area contributed by atoms with E-state index in [1.807, 2.05) is 30.3 Å². The maximum atomic E-state index is 6.60. The highest BCUT2D eigenvalue weighted by Crippen LogP contribution is 2.46. The summed E-state index contributed by atoms with van der Waals surface area (Å²) in [4.78, 5) is 2.31. The van der Waals surface area contributed by atoms with Crippen molar-refractivity contribution in [3.8, 4) is 11.1 Å². The fraction of sp³-hybridized carbons (Fsp3) is 0. The normalized spacial score (nSPS) is 11.7. The largest absolute Gasteiger partial charge is 0.455 e. The van der Waals surface area contributed by atoms with E-state index in [0.717, 1.165) is 71.7 Å². The first-order valence-electron chi connectivity index (χ1n) is 14.5. The summed E-state index contributed by atoms with van der Waals surface area (Å²) in [6.07, 6.45) is 0. The van der Waals surface area contributed by atoms with Crippen LogP contribution in [-0.4, -0.2) is 0 Å². The number of benzene rings is 7. The van der Waals surface area contributed by atoms with Crippen LogP contribution in [0.15, 0.2) is 160 Å². The van der Waals surface area contributed by atoms with Crippen molar-refractivity contribution in [1.82, 2.24) is 0 Å². The van der Waals surface area contributed by atoms with Gasteiger partial charge in [-0.25, -0.2) is 0 Å². The van der Waals surface area contributed by atoms with E-state index < -0.39 is 0 Å². The third kappa shape index (κ3) is 3.68. The fourth-order valence-electron chi connectivity index (χ4n) is 6.48. The molecule has 0 bridgehead atoms. The second kappa shape index (κ2) is 9.37. The maximum Gasteiger partial charge on any atom is 0.147 e. The summed E-state index contributed by atoms with van der Waals surface area (Å²) in [5.74, 6) is 0. The van der Waals surface area contributed by atoms with Gasteiger partial charge in [0.1, 0.15) is 22.3 Å². The Morgan fingerprint density at radius 1 is 0.349 bits per heavy atom. The summed E-state index contributed by atoms with van der Waals surface area (Å²) in [6.45, 7) is 0. The van der Waals surface area contributed by atoms with E-state index in [4.69, 9.17) is 8.83 Å². The molecule has 0 atom stereocenters. The smallest absolute Gasteiger partial charge is 0.147 e. The van der Waals surface area contributed by atoms with Gasteiger partial charge in [0.2, 0.25) is 0 Å². The zero-order valence-electron chi connectivity index (χ0n) is 23.2. The summed E-state index contributed by atoms with van der Waals surface area (Å²) in [6, 6.07) is 53.0. The molecule has 3 nitrogen and oxygen atoms in total. The number of nitrogens with zero attached hydrogens (tertiary/aromatic N) is 1. The van der Waals surface area contributed by atoms with Gasteiger partial charge in [-0.05, 0) is 65.0 Å². The van der Waals surface area contributed by atoms with Gasteiger partial charge >= 0.3 is 0 Å². The van der Waals surface area contributed by atoms with Crippen molar-refractivity contribution in [2.75, 3.05) is 4.90 Å². The van der Waals surface area contributed by atoms with E-state index in [1.54, 1.807) is 0 Å². The highest BCUT2D eigenvalue weighted by Gasteiger charge is 2.22. The molecule has 0 amide bonds. The van der Waals surface area contributed by atoms with Crippen LogP contribution in [0.4, 0.5) is 17.1 Å². The summed E-state index contributed by atoms with van der Waals surface area (Å²) >= 11 is 0. The topological polar surface area (TPSA) is 29.5 Å². The van der Waals surface area contributed by atoms with Crippen LogP contribution < -0.4 is 4.90 Å². The van der Waals surface area contributed by atoms with Gasteiger partial charge in [0.15, 0.2) is 0 Å². The van der Waals surface area contributed by atoms with Crippen molar-refractivity contribution >= 4 is 71.7 Å². The number of fused-ring (bicyclic) bond motifs is 10. The number of hydrogen-bond donors (Lipinski definition) is 0. The number of rotatable bonds is 4. The van der Waals surface area contributed by atoms with Gasteiger partial charge in [0, 0.05) is 38.6 Å². The molecule has 3 heteroatoms. The van der Waals surface area contributed by atoms with Crippen molar-refractivity contribution in [1.29, 1.82) is 0 Å². The number of hydrogen-bond acceptors (Lipinski definition) is 3. The molecule has 2 heterocycles. The summed E-state index contributed by atoms with van der Waals surface area (Å²) in [5.41, 5.74) is 9.07. The first-order valence-corrected chi connectivity index (χ1v) is 14.5. The van der Waals surface area contributed by atoms with E-state index in [9.17, 15) is 0 Å². The predicted molar refractivity (Wildman–Crippen MR) is 179 cm³/mol. The predicted octanol–water partition coefficient (Wildman–Crippen LogP) is 11.8. The monoisotopic (exact) mass is 551 g/mol. The fourth-order valence-corrected chi connectivity index (χ4v) is 6.48. The molecule has 0 fully saturated rings. The maximum absolute atomic E-state index is 6.60. The standard InChI is InChI=1S/C40H25NO2/c1-3-11-26(12-4-1)27-19-21-29(22-20-27)41(28-13-5-2-6-14-28)30-23-24-31-34(25-30)39-38(33-16-8-10-18-36(33)42-39)40-37(31)32-15-7-9-17-35(32)43-40/h1-25H. The van der Waals surface area contributed by atoms with Crippen molar-refractivity contribution in [3.05, 3.63) is 152 Å². The number of para-hydroxylation sites is 3. The van der Waals surface area contributed by atoms with E-state index in [1.165, 1.54) is 11.1 Å². The molecule has 9 rings (SSSR count). The lowest BCUT2D eigenvalue weighted by Crippen LogP contribution is -2.09. The minimum Gasteiger partial charge on any atom is -0.455 e. The van der Waals surface area contributed by atoms with Gasteiger partial charge in [-0.3, -0.25) is 0 Å². The second-order valence-corrected chi connectivity index (χ2v) is 10.9. The molecular formula is C40H25NO2. The summed E-state index contributed by atoms with van der Waals surface area (Å²) in [7, 11) is 0. The van der Waals surface area contributed by atoms with Crippen LogP contribution in [0.1, 0.15) is 0 Å². The van der Waals surface area contributed by atoms with E-state index >= 15 is 0 Å². The molecule has 43 heavy (non-hydrogen) atoms. The van der Waals surface area contributed by atoms with Crippen LogP contribution in [-0.2, 0) is 0 Å². The minimum atomic E-state index is 0.844. The first-order chi connectivity index (χ1) is 21.3. The molecule has 0 unspecified atom stereocenters. The number of furan rings is 2. The molecule has 0 aliphatic heterocycles. The minimum absolute atomic E-state index is 0.844. The van der Waals surface area contributed by atoms with Crippen LogP contribution in [0.2, 0.25) is 0 Å². The quantitative estimate of drug-likeness (QED) is 0.218. The first kappa shape index (κ1) is 23.9. The van der Waals surface area contributed by atoms with E-state index in [0.29, 0.717) is 0 Å². The molecule has 9 aromatic rings. The molecular weight excluding hydrogens is 526 g/mol. The molecule has 2 aromatic heterocycles. The van der Waals surface area contributed by atoms with Gasteiger partial charge < -0.3 is 13.7 Å². The van der Waals surface area contributed by atoms with Crippen LogP contribution in [0.5, 0.6) is 0 Å². The van der Waals surface area contributed by atoms with Crippen LogP contribution in [0, 0.1) is 0 Å². The van der Waals surface area contributed by atoms with E-state index in [-0.39, 0.29) is 0 Å². The molecule has 202 valence electrons. The van der Waals surface area contributed by atoms with Crippen LogP contribution >= 0.6 is 0 Å². The van der Waals surface area contributed by atoms with Gasteiger partial charge in [0.25, 0.3) is 0 Å². The molecule has 0 N–H and O–H groups in total. The van der Waals surface area contributed by atoms with Crippen molar-refractivity contribution in [2.24, 2.45) is 0 Å². The molecule has 0 aliphatic carbocycles. The van der Waals surface area contributed by atoms with Gasteiger partial charge in [-0.2, -0.15) is 0 Å². The van der Waals surface area contributed by atoms with Gasteiger partial charge in [-0.15, -0.1) is 0 Å². The Balaban J connectivity index is 1.32. The molecule has 0 radical (unpaired) electrons. The lowest BCUT2D eigenvalue weighted by molar-refractivity contribution is 0.665. The Kier molecular flexibility index (Phi) is 5.20. The highest BCUT2D eigenvalue weighted by molar-refractivity contribution is 6.33.